The van der Waals surface area contributed by atoms with Crippen LogP contribution in [0.15, 0.2) is 0 Å². The molecule has 0 aliphatic rings. The van der Waals surface area contributed by atoms with E-state index in [1.165, 1.54) is 0 Å². The summed E-state index contributed by atoms with van der Waals surface area (Å²) in [5.41, 5.74) is 5.28. The van der Waals surface area contributed by atoms with Crippen molar-refractivity contribution in [2.24, 2.45) is 5.73 Å². The molecule has 0 aliphatic carbocycles. The lowest BCUT2D eigenvalue weighted by Crippen LogP contribution is -2.05. The fourth-order valence-electron chi connectivity index (χ4n) is 0.421. The van der Waals surface area contributed by atoms with Crippen molar-refractivity contribution in [1.82, 2.24) is 0 Å². The van der Waals surface area contributed by atoms with Gasteiger partial charge in [0.05, 0.1) is 6.61 Å². The Bertz CT molecular complexity index is 61.0. The maximum atomic E-state index is 8.58. The predicted octanol–water partition coefficient (Wildman–Crippen LogP) is 0.449. The summed E-state index contributed by atoms with van der Waals surface area (Å²) in [7, 11) is 0. The summed E-state index contributed by atoms with van der Waals surface area (Å²) in [6.07, 6.45) is 1.05. The van der Waals surface area contributed by atoms with E-state index in [4.69, 9.17) is 10.8 Å². The Labute approximate surface area is 60.8 Å². The van der Waals surface area contributed by atoms with E-state index in [1.54, 1.807) is 11.8 Å². The van der Waals surface area contributed by atoms with Gasteiger partial charge in [0.15, 0.2) is 0 Å². The standard InChI is InChI=1S/C6H15NOS/c1-6(5-8)9-4-2-3-7/h6,8H,2-5,7H2,1H3. The summed E-state index contributed by atoms with van der Waals surface area (Å²) < 4.78 is 0. The van der Waals surface area contributed by atoms with E-state index in [0.717, 1.165) is 18.7 Å². The molecule has 0 aromatic carbocycles. The largest absolute Gasteiger partial charge is 0.395 e. The number of aliphatic hydroxyl groups excluding tert-OH is 1. The minimum Gasteiger partial charge on any atom is -0.395 e. The van der Waals surface area contributed by atoms with Crippen molar-refractivity contribution >= 4 is 11.8 Å². The quantitative estimate of drug-likeness (QED) is 0.558. The molecule has 0 fully saturated rings. The summed E-state index contributed by atoms with van der Waals surface area (Å²) in [4.78, 5) is 0. The van der Waals surface area contributed by atoms with E-state index in [2.05, 4.69) is 0 Å². The van der Waals surface area contributed by atoms with Crippen molar-refractivity contribution in [2.75, 3.05) is 18.9 Å². The molecule has 0 saturated carbocycles. The molecule has 0 aromatic heterocycles. The van der Waals surface area contributed by atoms with Crippen LogP contribution >= 0.6 is 11.8 Å². The van der Waals surface area contributed by atoms with Gasteiger partial charge in [-0.2, -0.15) is 11.8 Å². The van der Waals surface area contributed by atoms with Gasteiger partial charge in [-0.05, 0) is 18.7 Å². The highest BCUT2D eigenvalue weighted by Crippen LogP contribution is 2.09. The zero-order valence-electron chi connectivity index (χ0n) is 5.84. The Hall–Kier alpha value is 0.270. The van der Waals surface area contributed by atoms with Crippen LogP contribution in [-0.2, 0) is 0 Å². The van der Waals surface area contributed by atoms with E-state index >= 15 is 0 Å². The zero-order chi connectivity index (χ0) is 7.11. The maximum Gasteiger partial charge on any atom is 0.0547 e. The molecule has 1 unspecified atom stereocenters. The second kappa shape index (κ2) is 6.39. The number of hydrogen-bond acceptors (Lipinski definition) is 3. The Kier molecular flexibility index (Phi) is 6.58. The fraction of sp³-hybridized carbons (Fsp3) is 1.00. The third kappa shape index (κ3) is 6.15. The van der Waals surface area contributed by atoms with Crippen LogP contribution in [0.5, 0.6) is 0 Å². The first kappa shape index (κ1) is 9.27. The summed E-state index contributed by atoms with van der Waals surface area (Å²) in [5.74, 6) is 1.07. The van der Waals surface area contributed by atoms with Crippen LogP contribution in [0.25, 0.3) is 0 Å². The second-order valence-electron chi connectivity index (χ2n) is 2.01. The minimum atomic E-state index is 0.273. The lowest BCUT2D eigenvalue weighted by atomic mass is 10.5. The number of aliphatic hydroxyl groups is 1. The molecule has 3 N–H and O–H groups in total. The van der Waals surface area contributed by atoms with Gasteiger partial charge in [0, 0.05) is 5.25 Å². The van der Waals surface area contributed by atoms with Gasteiger partial charge < -0.3 is 10.8 Å². The molecule has 2 nitrogen and oxygen atoms in total. The molecule has 0 heterocycles. The van der Waals surface area contributed by atoms with Gasteiger partial charge in [-0.15, -0.1) is 0 Å². The van der Waals surface area contributed by atoms with E-state index in [9.17, 15) is 0 Å². The second-order valence-corrected chi connectivity index (χ2v) is 3.55. The molecule has 0 spiro atoms. The molecular formula is C6H15NOS. The van der Waals surface area contributed by atoms with Crippen molar-refractivity contribution in [3.05, 3.63) is 0 Å². The topological polar surface area (TPSA) is 46.2 Å². The molecule has 0 radical (unpaired) electrons. The van der Waals surface area contributed by atoms with Crippen LogP contribution in [0.3, 0.4) is 0 Å². The SMILES string of the molecule is CC(CO)SCCCN. The van der Waals surface area contributed by atoms with Gasteiger partial charge in [0.25, 0.3) is 0 Å². The van der Waals surface area contributed by atoms with Gasteiger partial charge in [0.1, 0.15) is 0 Å². The van der Waals surface area contributed by atoms with Crippen LogP contribution in [0.2, 0.25) is 0 Å². The molecule has 0 amide bonds. The van der Waals surface area contributed by atoms with Crippen molar-refractivity contribution in [2.45, 2.75) is 18.6 Å². The molecule has 0 aliphatic heterocycles. The number of nitrogens with two attached hydrogens (primary N) is 1. The number of hydrogen-bond donors (Lipinski definition) is 2. The number of rotatable bonds is 5. The highest BCUT2D eigenvalue weighted by molar-refractivity contribution is 7.99. The van der Waals surface area contributed by atoms with Gasteiger partial charge in [0.2, 0.25) is 0 Å². The van der Waals surface area contributed by atoms with Crippen molar-refractivity contribution in [3.63, 3.8) is 0 Å². The van der Waals surface area contributed by atoms with Crippen LogP contribution in [-0.4, -0.2) is 29.3 Å². The van der Waals surface area contributed by atoms with Gasteiger partial charge in [-0.25, -0.2) is 0 Å². The average molecular weight is 149 g/mol. The smallest absolute Gasteiger partial charge is 0.0547 e. The van der Waals surface area contributed by atoms with Gasteiger partial charge >= 0.3 is 0 Å². The zero-order valence-corrected chi connectivity index (χ0v) is 6.66. The molecular weight excluding hydrogens is 134 g/mol. The molecule has 0 aromatic rings. The average Bonchev–Trinajstić information content (AvgIpc) is 1.89. The van der Waals surface area contributed by atoms with Crippen LogP contribution in [0, 0.1) is 0 Å². The highest BCUT2D eigenvalue weighted by atomic mass is 32.2. The third-order valence-corrected chi connectivity index (χ3v) is 2.25. The molecule has 0 rings (SSSR count). The normalized spacial score (nSPS) is 13.7. The summed E-state index contributed by atoms with van der Waals surface area (Å²) in [6.45, 7) is 3.04. The molecule has 1 atom stereocenters. The maximum absolute atomic E-state index is 8.58. The van der Waals surface area contributed by atoms with E-state index < -0.39 is 0 Å². The Morgan fingerprint density at radius 3 is 2.78 bits per heavy atom. The Morgan fingerprint density at radius 1 is 1.67 bits per heavy atom. The Morgan fingerprint density at radius 2 is 2.33 bits per heavy atom. The van der Waals surface area contributed by atoms with Crippen molar-refractivity contribution in [1.29, 1.82) is 0 Å². The van der Waals surface area contributed by atoms with Crippen LogP contribution < -0.4 is 5.73 Å². The first-order chi connectivity index (χ1) is 4.31. The third-order valence-electron chi connectivity index (χ3n) is 1.01. The monoisotopic (exact) mass is 149 g/mol. The fourth-order valence-corrected chi connectivity index (χ4v) is 1.26. The first-order valence-corrected chi connectivity index (χ1v) is 4.28. The molecule has 0 bridgehead atoms. The lowest BCUT2D eigenvalue weighted by molar-refractivity contribution is 0.300. The van der Waals surface area contributed by atoms with Gasteiger partial charge in [-0.3, -0.25) is 0 Å². The summed E-state index contributed by atoms with van der Waals surface area (Å²) in [6, 6.07) is 0. The number of thioether (sulfide) groups is 1. The van der Waals surface area contributed by atoms with Crippen LogP contribution in [0.4, 0.5) is 0 Å². The predicted molar refractivity (Wildman–Crippen MR) is 42.7 cm³/mol. The van der Waals surface area contributed by atoms with Crippen LogP contribution in [0.1, 0.15) is 13.3 Å². The first-order valence-electron chi connectivity index (χ1n) is 3.23. The highest BCUT2D eigenvalue weighted by Gasteiger charge is 1.97. The van der Waals surface area contributed by atoms with Crippen molar-refractivity contribution in [3.8, 4) is 0 Å². The lowest BCUT2D eigenvalue weighted by Gasteiger charge is -2.04. The molecule has 3 heteroatoms. The van der Waals surface area contributed by atoms with Gasteiger partial charge in [-0.1, -0.05) is 6.92 Å². The summed E-state index contributed by atoms with van der Waals surface area (Å²) >= 11 is 1.77. The van der Waals surface area contributed by atoms with E-state index in [-0.39, 0.29) is 6.61 Å². The van der Waals surface area contributed by atoms with E-state index in [0.29, 0.717) is 5.25 Å². The molecule has 56 valence electrons. The summed E-state index contributed by atoms with van der Waals surface area (Å²) in [5, 5.41) is 8.95. The molecule has 0 saturated heterocycles. The Balaban J connectivity index is 2.88. The molecule has 9 heavy (non-hydrogen) atoms. The van der Waals surface area contributed by atoms with E-state index in [1.807, 2.05) is 6.92 Å². The van der Waals surface area contributed by atoms with Crippen molar-refractivity contribution < 1.29 is 5.11 Å². The minimum absolute atomic E-state index is 0.273.